The summed E-state index contributed by atoms with van der Waals surface area (Å²) in [6, 6.07) is 8.35. The molecule has 1 aromatic rings. The second-order valence-electron chi connectivity index (χ2n) is 6.85. The van der Waals surface area contributed by atoms with Crippen LogP contribution in [0.1, 0.15) is 44.7 Å². The molecule has 0 aromatic heterocycles. The summed E-state index contributed by atoms with van der Waals surface area (Å²) in [5.74, 6) is -0.689. The van der Waals surface area contributed by atoms with Crippen molar-refractivity contribution in [2.24, 2.45) is 11.3 Å². The van der Waals surface area contributed by atoms with Crippen LogP contribution in [0.4, 0.5) is 0 Å². The Morgan fingerprint density at radius 3 is 2.30 bits per heavy atom. The lowest BCUT2D eigenvalue weighted by Gasteiger charge is -2.28. The number of carbonyl (C=O) groups excluding carboxylic acids is 1. The van der Waals surface area contributed by atoms with E-state index < -0.39 is 11.4 Å². The van der Waals surface area contributed by atoms with E-state index in [0.717, 1.165) is 12.0 Å². The van der Waals surface area contributed by atoms with E-state index in [1.54, 1.807) is 4.90 Å². The fourth-order valence-electron chi connectivity index (χ4n) is 3.29. The molecule has 4 heteroatoms. The van der Waals surface area contributed by atoms with Gasteiger partial charge >= 0.3 is 5.97 Å². The molecule has 0 radical (unpaired) electrons. The lowest BCUT2D eigenvalue weighted by atomic mass is 9.76. The minimum atomic E-state index is -0.780. The fourth-order valence-corrected chi connectivity index (χ4v) is 3.29. The molecule has 0 spiro atoms. The topological polar surface area (TPSA) is 57.6 Å². The van der Waals surface area contributed by atoms with Crippen LogP contribution in [0.25, 0.3) is 0 Å². The number of likely N-dealkylation sites (tertiary alicyclic amines) is 1. The van der Waals surface area contributed by atoms with Gasteiger partial charge in [0.05, 0.1) is 5.41 Å². The normalized spacial score (nSPS) is 21.0. The highest BCUT2D eigenvalue weighted by molar-refractivity contribution is 5.81. The smallest absolute Gasteiger partial charge is 0.311 e. The van der Waals surface area contributed by atoms with Crippen molar-refractivity contribution in [2.75, 3.05) is 13.1 Å². The van der Waals surface area contributed by atoms with Gasteiger partial charge in [-0.15, -0.1) is 0 Å². The number of carboxylic acid groups (broad SMARTS) is 1. The van der Waals surface area contributed by atoms with Crippen LogP contribution < -0.4 is 0 Å². The van der Waals surface area contributed by atoms with Gasteiger partial charge in [-0.2, -0.15) is 0 Å². The Bertz CT molecular complexity index is 564. The molecule has 1 amide bonds. The van der Waals surface area contributed by atoms with Crippen molar-refractivity contribution >= 4 is 11.9 Å². The van der Waals surface area contributed by atoms with E-state index in [-0.39, 0.29) is 11.8 Å². The van der Waals surface area contributed by atoms with Crippen LogP contribution >= 0.6 is 0 Å². The number of hydrogen-bond acceptors (Lipinski definition) is 2. The second-order valence-corrected chi connectivity index (χ2v) is 6.85. The minimum absolute atomic E-state index is 0.0272. The highest BCUT2D eigenvalue weighted by atomic mass is 16.4. The first-order valence-electron chi connectivity index (χ1n) is 8.48. The van der Waals surface area contributed by atoms with E-state index >= 15 is 0 Å². The molecule has 23 heavy (non-hydrogen) atoms. The number of aryl methyl sites for hydroxylation is 2. The second kappa shape index (κ2) is 7.16. The van der Waals surface area contributed by atoms with Crippen molar-refractivity contribution in [3.8, 4) is 0 Å². The van der Waals surface area contributed by atoms with Crippen molar-refractivity contribution < 1.29 is 14.7 Å². The van der Waals surface area contributed by atoms with E-state index in [1.807, 2.05) is 13.8 Å². The quantitative estimate of drug-likeness (QED) is 0.877. The maximum atomic E-state index is 12.4. The van der Waals surface area contributed by atoms with Crippen LogP contribution in [0.15, 0.2) is 24.3 Å². The summed E-state index contributed by atoms with van der Waals surface area (Å²) in [5, 5.41) is 9.55. The minimum Gasteiger partial charge on any atom is -0.481 e. The molecule has 1 atom stereocenters. The van der Waals surface area contributed by atoms with Crippen molar-refractivity contribution in [1.29, 1.82) is 0 Å². The van der Waals surface area contributed by atoms with E-state index in [1.165, 1.54) is 5.56 Å². The molecular formula is C19H27NO3. The number of carbonyl (C=O) groups is 2. The van der Waals surface area contributed by atoms with Crippen LogP contribution in [0.3, 0.4) is 0 Å². The molecule has 2 rings (SSSR count). The Hall–Kier alpha value is -1.84. The van der Waals surface area contributed by atoms with E-state index in [0.29, 0.717) is 32.4 Å². The summed E-state index contributed by atoms with van der Waals surface area (Å²) in [5.41, 5.74) is 1.67. The fraction of sp³-hybridized carbons (Fsp3) is 0.579. The van der Waals surface area contributed by atoms with Crippen LogP contribution in [-0.4, -0.2) is 35.0 Å². The molecule has 1 heterocycles. The molecular weight excluding hydrogens is 290 g/mol. The lowest BCUT2D eigenvalue weighted by Crippen LogP contribution is -2.40. The van der Waals surface area contributed by atoms with Gasteiger partial charge in [0.2, 0.25) is 5.91 Å². The average Bonchev–Trinajstić information content (AvgIpc) is 3.00. The molecule has 0 saturated carbocycles. The van der Waals surface area contributed by atoms with Crippen LogP contribution in [0, 0.1) is 11.3 Å². The number of aliphatic carboxylic acids is 1. The summed E-state index contributed by atoms with van der Waals surface area (Å²) < 4.78 is 0. The zero-order chi connectivity index (χ0) is 17.0. The van der Waals surface area contributed by atoms with Crippen molar-refractivity contribution in [2.45, 2.75) is 46.5 Å². The monoisotopic (exact) mass is 317 g/mol. The van der Waals surface area contributed by atoms with Crippen LogP contribution in [0.5, 0.6) is 0 Å². The molecule has 0 aliphatic carbocycles. The van der Waals surface area contributed by atoms with E-state index in [2.05, 4.69) is 31.2 Å². The third kappa shape index (κ3) is 3.74. The Kier molecular flexibility index (Phi) is 5.45. The first-order chi connectivity index (χ1) is 10.9. The van der Waals surface area contributed by atoms with Gasteiger partial charge in [0.15, 0.2) is 0 Å². The molecule has 1 aliphatic heterocycles. The zero-order valence-corrected chi connectivity index (χ0v) is 14.3. The molecule has 1 aromatic carbocycles. The molecule has 1 saturated heterocycles. The van der Waals surface area contributed by atoms with Gasteiger partial charge in [-0.25, -0.2) is 0 Å². The van der Waals surface area contributed by atoms with Gasteiger partial charge in [0.25, 0.3) is 0 Å². The number of amides is 1. The molecule has 126 valence electrons. The Labute approximate surface area is 138 Å². The first-order valence-corrected chi connectivity index (χ1v) is 8.48. The standard InChI is InChI=1S/C19H27NO3/c1-4-15-5-7-16(8-6-15)9-10-17(21)20-12-11-19(13-20,14(2)3)18(22)23/h5-8,14H,4,9-13H2,1-3H3,(H,22,23). The molecule has 1 fully saturated rings. The molecule has 0 bridgehead atoms. The Morgan fingerprint density at radius 1 is 1.22 bits per heavy atom. The SMILES string of the molecule is CCc1ccc(CCC(=O)N2CCC(C(=O)O)(C(C)C)C2)cc1. The highest BCUT2D eigenvalue weighted by Crippen LogP contribution is 2.38. The number of benzene rings is 1. The van der Waals surface area contributed by atoms with Gasteiger partial charge in [-0.05, 0) is 36.3 Å². The molecule has 4 nitrogen and oxygen atoms in total. The zero-order valence-electron chi connectivity index (χ0n) is 14.3. The van der Waals surface area contributed by atoms with Gasteiger partial charge in [0, 0.05) is 19.5 Å². The summed E-state index contributed by atoms with van der Waals surface area (Å²) >= 11 is 0. The number of rotatable bonds is 6. The van der Waals surface area contributed by atoms with Gasteiger partial charge in [-0.1, -0.05) is 45.0 Å². The largest absolute Gasteiger partial charge is 0.481 e. The van der Waals surface area contributed by atoms with Gasteiger partial charge in [-0.3, -0.25) is 9.59 Å². The summed E-state index contributed by atoms with van der Waals surface area (Å²) in [6.07, 6.45) is 2.72. The highest BCUT2D eigenvalue weighted by Gasteiger charge is 2.48. The summed E-state index contributed by atoms with van der Waals surface area (Å²) in [7, 11) is 0. The van der Waals surface area contributed by atoms with Gasteiger partial charge in [0.1, 0.15) is 0 Å². The van der Waals surface area contributed by atoms with Crippen LogP contribution in [-0.2, 0) is 22.4 Å². The van der Waals surface area contributed by atoms with Gasteiger partial charge < -0.3 is 10.0 Å². The van der Waals surface area contributed by atoms with E-state index in [9.17, 15) is 14.7 Å². The molecule has 1 N–H and O–H groups in total. The number of carboxylic acids is 1. The summed E-state index contributed by atoms with van der Waals surface area (Å²) in [6.45, 7) is 6.87. The predicted molar refractivity (Wildman–Crippen MR) is 90.2 cm³/mol. The van der Waals surface area contributed by atoms with Crippen molar-refractivity contribution in [3.05, 3.63) is 35.4 Å². The lowest BCUT2D eigenvalue weighted by molar-refractivity contribution is -0.151. The number of nitrogens with zero attached hydrogens (tertiary/aromatic N) is 1. The number of hydrogen-bond donors (Lipinski definition) is 1. The third-order valence-corrected chi connectivity index (χ3v) is 5.24. The predicted octanol–water partition coefficient (Wildman–Crippen LogP) is 3.14. The van der Waals surface area contributed by atoms with Crippen molar-refractivity contribution in [1.82, 2.24) is 4.90 Å². The molecule has 1 aliphatic rings. The maximum absolute atomic E-state index is 12.4. The third-order valence-electron chi connectivity index (χ3n) is 5.24. The first kappa shape index (κ1) is 17.5. The Morgan fingerprint density at radius 2 is 1.83 bits per heavy atom. The van der Waals surface area contributed by atoms with E-state index in [4.69, 9.17) is 0 Å². The Balaban J connectivity index is 1.92. The maximum Gasteiger partial charge on any atom is 0.311 e. The average molecular weight is 317 g/mol. The van der Waals surface area contributed by atoms with Crippen LogP contribution in [0.2, 0.25) is 0 Å². The molecule has 1 unspecified atom stereocenters. The van der Waals surface area contributed by atoms with Crippen molar-refractivity contribution in [3.63, 3.8) is 0 Å². The summed E-state index contributed by atoms with van der Waals surface area (Å²) in [4.78, 5) is 25.8.